The molecule has 2 aliphatic rings. The second-order valence-electron chi connectivity index (χ2n) is 4.70. The molecule has 3 nitrogen and oxygen atoms in total. The van der Waals surface area contributed by atoms with Crippen LogP contribution in [-0.4, -0.2) is 30.8 Å². The van der Waals surface area contributed by atoms with Crippen molar-refractivity contribution in [2.45, 2.75) is 18.1 Å². The molecule has 3 rings (SSSR count). The third-order valence-corrected chi connectivity index (χ3v) is 3.99. The molecule has 1 fully saturated rings. The quantitative estimate of drug-likeness (QED) is 0.688. The molecule has 2 unspecified atom stereocenters. The van der Waals surface area contributed by atoms with E-state index in [0.717, 1.165) is 25.2 Å². The Kier molecular flexibility index (Phi) is 2.00. The van der Waals surface area contributed by atoms with Crippen LogP contribution in [0.4, 0.5) is 10.1 Å². The lowest BCUT2D eigenvalue weighted by molar-refractivity contribution is 0.105. The Bertz CT molecular complexity index is 429. The van der Waals surface area contributed by atoms with Gasteiger partial charge in [-0.05, 0) is 31.2 Å². The van der Waals surface area contributed by atoms with Crippen LogP contribution in [0.3, 0.4) is 0 Å². The summed E-state index contributed by atoms with van der Waals surface area (Å²) in [5.74, 6) is -0.283. The van der Waals surface area contributed by atoms with Crippen molar-refractivity contribution in [1.29, 1.82) is 0 Å². The lowest BCUT2D eigenvalue weighted by atomic mass is 9.90. The number of benzene rings is 1. The maximum atomic E-state index is 13.2. The van der Waals surface area contributed by atoms with Gasteiger partial charge in [-0.15, -0.1) is 0 Å². The molecule has 1 aromatic carbocycles. The number of rotatable bonds is 0. The first-order valence-electron chi connectivity index (χ1n) is 5.57. The average molecular weight is 222 g/mol. The molecule has 1 saturated heterocycles. The van der Waals surface area contributed by atoms with Gasteiger partial charge in [0.25, 0.3) is 0 Å². The minimum Gasteiger partial charge on any atom is -0.386 e. The molecule has 2 heterocycles. The van der Waals surface area contributed by atoms with Crippen LogP contribution in [0, 0.1) is 5.82 Å². The van der Waals surface area contributed by atoms with E-state index in [9.17, 15) is 9.50 Å². The fourth-order valence-corrected chi connectivity index (χ4v) is 2.98. The molecule has 2 aliphatic heterocycles. The van der Waals surface area contributed by atoms with Crippen molar-refractivity contribution in [2.75, 3.05) is 25.0 Å². The molecule has 0 aromatic heterocycles. The van der Waals surface area contributed by atoms with Crippen LogP contribution in [0.15, 0.2) is 18.2 Å². The van der Waals surface area contributed by atoms with Gasteiger partial charge in [0.15, 0.2) is 0 Å². The Morgan fingerprint density at radius 1 is 1.56 bits per heavy atom. The van der Waals surface area contributed by atoms with E-state index in [2.05, 4.69) is 10.2 Å². The number of hydrogen-bond acceptors (Lipinski definition) is 3. The maximum absolute atomic E-state index is 13.2. The second-order valence-corrected chi connectivity index (χ2v) is 4.70. The highest BCUT2D eigenvalue weighted by molar-refractivity contribution is 5.63. The maximum Gasteiger partial charge on any atom is 0.123 e. The van der Waals surface area contributed by atoms with Crippen molar-refractivity contribution in [3.8, 4) is 0 Å². The third kappa shape index (κ3) is 1.09. The number of aliphatic hydroxyl groups excluding tert-OH is 1. The summed E-state index contributed by atoms with van der Waals surface area (Å²) < 4.78 is 13.2. The summed E-state index contributed by atoms with van der Waals surface area (Å²) in [5.41, 5.74) is 1.37. The minimum absolute atomic E-state index is 0.282. The van der Waals surface area contributed by atoms with E-state index in [0.29, 0.717) is 5.56 Å². The van der Waals surface area contributed by atoms with Crippen LogP contribution >= 0.6 is 0 Å². The van der Waals surface area contributed by atoms with Crippen LogP contribution in [0.1, 0.15) is 18.1 Å². The van der Waals surface area contributed by atoms with E-state index < -0.39 is 6.10 Å². The van der Waals surface area contributed by atoms with Gasteiger partial charge in [-0.2, -0.15) is 0 Å². The molecule has 0 saturated carbocycles. The summed E-state index contributed by atoms with van der Waals surface area (Å²) in [6, 6.07) is 4.65. The standard InChI is InChI=1S/C12H15FN2O/c1-15-10-3-2-8(13)6-9(10)11(16)12(15)4-5-14-7-12/h2-3,6,11,14,16H,4-5,7H2,1H3. The molecular weight excluding hydrogens is 207 g/mol. The molecule has 86 valence electrons. The van der Waals surface area contributed by atoms with Crippen LogP contribution in [-0.2, 0) is 0 Å². The monoisotopic (exact) mass is 222 g/mol. The van der Waals surface area contributed by atoms with Gasteiger partial charge in [0.05, 0.1) is 5.54 Å². The topological polar surface area (TPSA) is 35.5 Å². The molecule has 16 heavy (non-hydrogen) atoms. The fourth-order valence-electron chi connectivity index (χ4n) is 2.98. The Labute approximate surface area is 93.9 Å². The van der Waals surface area contributed by atoms with Crippen molar-refractivity contribution in [3.05, 3.63) is 29.6 Å². The lowest BCUT2D eigenvalue weighted by Crippen LogP contribution is -2.48. The van der Waals surface area contributed by atoms with E-state index in [1.807, 2.05) is 7.05 Å². The molecule has 2 atom stereocenters. The summed E-state index contributed by atoms with van der Waals surface area (Å²) in [5, 5.41) is 13.6. The summed E-state index contributed by atoms with van der Waals surface area (Å²) in [6.07, 6.45) is 0.291. The highest BCUT2D eigenvalue weighted by Crippen LogP contribution is 2.48. The highest BCUT2D eigenvalue weighted by Gasteiger charge is 2.50. The zero-order chi connectivity index (χ0) is 11.3. The van der Waals surface area contributed by atoms with E-state index in [-0.39, 0.29) is 11.4 Å². The van der Waals surface area contributed by atoms with Gasteiger partial charge >= 0.3 is 0 Å². The van der Waals surface area contributed by atoms with Gasteiger partial charge in [-0.3, -0.25) is 0 Å². The van der Waals surface area contributed by atoms with Gasteiger partial charge in [0.1, 0.15) is 11.9 Å². The van der Waals surface area contributed by atoms with Gasteiger partial charge in [-0.25, -0.2) is 4.39 Å². The first-order valence-corrected chi connectivity index (χ1v) is 5.57. The number of nitrogens with zero attached hydrogens (tertiary/aromatic N) is 1. The van der Waals surface area contributed by atoms with Crippen molar-refractivity contribution >= 4 is 5.69 Å². The van der Waals surface area contributed by atoms with E-state index >= 15 is 0 Å². The largest absolute Gasteiger partial charge is 0.386 e. The number of fused-ring (bicyclic) bond motifs is 1. The summed E-state index contributed by atoms with van der Waals surface area (Å²) >= 11 is 0. The molecular formula is C12H15FN2O. The summed E-state index contributed by atoms with van der Waals surface area (Å²) in [4.78, 5) is 2.09. The predicted octanol–water partition coefficient (Wildman–Crippen LogP) is 1.04. The molecule has 1 aromatic rings. The van der Waals surface area contributed by atoms with Crippen molar-refractivity contribution in [3.63, 3.8) is 0 Å². The second kappa shape index (κ2) is 3.18. The summed E-state index contributed by atoms with van der Waals surface area (Å²) in [7, 11) is 1.97. The van der Waals surface area contributed by atoms with E-state index in [1.54, 1.807) is 6.07 Å². The van der Waals surface area contributed by atoms with E-state index in [4.69, 9.17) is 0 Å². The third-order valence-electron chi connectivity index (χ3n) is 3.99. The minimum atomic E-state index is -0.599. The molecule has 2 N–H and O–H groups in total. The van der Waals surface area contributed by atoms with Crippen molar-refractivity contribution in [2.24, 2.45) is 0 Å². The summed E-state index contributed by atoms with van der Waals surface area (Å²) in [6.45, 7) is 1.65. The number of hydrogen-bond donors (Lipinski definition) is 2. The average Bonchev–Trinajstić information content (AvgIpc) is 2.83. The van der Waals surface area contributed by atoms with Crippen LogP contribution in [0.25, 0.3) is 0 Å². The molecule has 4 heteroatoms. The Balaban J connectivity index is 2.12. The van der Waals surface area contributed by atoms with Crippen LogP contribution < -0.4 is 10.2 Å². The Morgan fingerprint density at radius 2 is 2.38 bits per heavy atom. The molecule has 1 spiro atoms. The number of aliphatic hydroxyl groups is 1. The molecule has 0 aliphatic carbocycles. The van der Waals surface area contributed by atoms with Crippen LogP contribution in [0.5, 0.6) is 0 Å². The predicted molar refractivity (Wildman–Crippen MR) is 60.0 cm³/mol. The molecule has 0 amide bonds. The number of nitrogens with one attached hydrogen (secondary N) is 1. The van der Waals surface area contributed by atoms with Gasteiger partial charge in [-0.1, -0.05) is 0 Å². The fraction of sp³-hybridized carbons (Fsp3) is 0.500. The number of halogens is 1. The Morgan fingerprint density at radius 3 is 3.06 bits per heavy atom. The van der Waals surface area contributed by atoms with Gasteiger partial charge < -0.3 is 15.3 Å². The zero-order valence-corrected chi connectivity index (χ0v) is 9.20. The SMILES string of the molecule is CN1c2ccc(F)cc2C(O)C12CCNC2. The lowest BCUT2D eigenvalue weighted by Gasteiger charge is -2.35. The number of anilines is 1. The molecule has 0 bridgehead atoms. The van der Waals surface area contributed by atoms with Crippen molar-refractivity contribution < 1.29 is 9.50 Å². The first-order chi connectivity index (χ1) is 7.65. The zero-order valence-electron chi connectivity index (χ0n) is 9.20. The smallest absolute Gasteiger partial charge is 0.123 e. The van der Waals surface area contributed by atoms with Gasteiger partial charge in [0.2, 0.25) is 0 Å². The highest BCUT2D eigenvalue weighted by atomic mass is 19.1. The van der Waals surface area contributed by atoms with Crippen molar-refractivity contribution in [1.82, 2.24) is 5.32 Å². The van der Waals surface area contributed by atoms with Gasteiger partial charge in [0, 0.05) is 24.8 Å². The van der Waals surface area contributed by atoms with E-state index in [1.165, 1.54) is 12.1 Å². The number of likely N-dealkylation sites (N-methyl/N-ethyl adjacent to an activating group) is 1. The van der Waals surface area contributed by atoms with Crippen LogP contribution in [0.2, 0.25) is 0 Å². The normalized spacial score (nSPS) is 32.4. The first kappa shape index (κ1) is 10.1. The molecule has 0 radical (unpaired) electrons. The Hall–Kier alpha value is -1.13.